The van der Waals surface area contributed by atoms with Gasteiger partial charge in [0.25, 0.3) is 0 Å². The summed E-state index contributed by atoms with van der Waals surface area (Å²) in [6.07, 6.45) is 2.54. The molecule has 1 aliphatic carbocycles. The van der Waals surface area contributed by atoms with Crippen LogP contribution in [0, 0.1) is 0 Å². The highest BCUT2D eigenvalue weighted by Crippen LogP contribution is 2.41. The second kappa shape index (κ2) is 6.72. The largest absolute Gasteiger partial charge is 0.378 e. The summed E-state index contributed by atoms with van der Waals surface area (Å²) in [6.45, 7) is 2.31. The molecular weight excluding hydrogens is 292 g/mol. The van der Waals surface area contributed by atoms with Gasteiger partial charge in [0.2, 0.25) is 0 Å². The fourth-order valence-electron chi connectivity index (χ4n) is 3.28. The highest BCUT2D eigenvalue weighted by Gasteiger charge is 2.24. The minimum Gasteiger partial charge on any atom is -0.378 e. The Labute approximate surface area is 146 Å². The van der Waals surface area contributed by atoms with Gasteiger partial charge in [-0.05, 0) is 55.2 Å². The topological polar surface area (TPSA) is 6.48 Å². The van der Waals surface area contributed by atoms with E-state index in [-0.39, 0.29) is 0 Å². The molecule has 2 aromatic carbocycles. The van der Waals surface area contributed by atoms with E-state index in [2.05, 4.69) is 93.4 Å². The fraction of sp³-hybridized carbons (Fsp3) is 0.364. The quantitative estimate of drug-likeness (QED) is 0.710. The van der Waals surface area contributed by atoms with Crippen molar-refractivity contribution in [3.63, 3.8) is 0 Å². The van der Waals surface area contributed by atoms with Crippen LogP contribution in [0.25, 0.3) is 0 Å². The van der Waals surface area contributed by atoms with Gasteiger partial charge in [0.1, 0.15) is 0 Å². The normalized spacial score (nSPS) is 13.2. The summed E-state index contributed by atoms with van der Waals surface area (Å²) in [5, 5.41) is 0. The minimum atomic E-state index is 0.370. The summed E-state index contributed by atoms with van der Waals surface area (Å²) in [5.41, 5.74) is 8.43. The molecule has 2 nitrogen and oxygen atoms in total. The Morgan fingerprint density at radius 3 is 1.38 bits per heavy atom. The summed E-state index contributed by atoms with van der Waals surface area (Å²) in [4.78, 5) is 4.30. The van der Waals surface area contributed by atoms with Crippen molar-refractivity contribution in [3.8, 4) is 0 Å². The van der Waals surface area contributed by atoms with Crippen LogP contribution < -0.4 is 9.80 Å². The molecule has 0 radical (unpaired) electrons. The second-order valence-corrected chi connectivity index (χ2v) is 7.19. The number of benzene rings is 2. The van der Waals surface area contributed by atoms with Gasteiger partial charge in [0.15, 0.2) is 0 Å². The average molecular weight is 320 g/mol. The molecule has 0 saturated heterocycles. The van der Waals surface area contributed by atoms with E-state index in [0.29, 0.717) is 5.92 Å². The number of anilines is 2. The van der Waals surface area contributed by atoms with Gasteiger partial charge in [-0.25, -0.2) is 0 Å². The lowest BCUT2D eigenvalue weighted by molar-refractivity contribution is 0.937. The Morgan fingerprint density at radius 2 is 1.08 bits per heavy atom. The van der Waals surface area contributed by atoms with Gasteiger partial charge in [-0.1, -0.05) is 35.4 Å². The van der Waals surface area contributed by atoms with Gasteiger partial charge >= 0.3 is 0 Å². The van der Waals surface area contributed by atoms with Gasteiger partial charge in [-0.15, -0.1) is 0 Å². The molecule has 0 unspecified atom stereocenters. The van der Waals surface area contributed by atoms with Crippen LogP contribution in [0.4, 0.5) is 11.4 Å². The van der Waals surface area contributed by atoms with Crippen molar-refractivity contribution in [1.82, 2.24) is 0 Å². The maximum absolute atomic E-state index is 2.31. The molecule has 0 bridgehead atoms. The van der Waals surface area contributed by atoms with Crippen molar-refractivity contribution in [2.24, 2.45) is 0 Å². The van der Waals surface area contributed by atoms with E-state index < -0.39 is 0 Å². The summed E-state index contributed by atoms with van der Waals surface area (Å²) in [6, 6.07) is 18.0. The van der Waals surface area contributed by atoms with Crippen LogP contribution in [0.2, 0.25) is 0 Å². The van der Waals surface area contributed by atoms with E-state index in [4.69, 9.17) is 0 Å². The Balaban J connectivity index is 1.99. The third kappa shape index (κ3) is 3.48. The molecule has 2 heteroatoms. The van der Waals surface area contributed by atoms with Crippen LogP contribution in [-0.2, 0) is 0 Å². The molecule has 0 N–H and O–H groups in total. The fourth-order valence-corrected chi connectivity index (χ4v) is 3.28. The highest BCUT2D eigenvalue weighted by atomic mass is 15.1. The average Bonchev–Trinajstić information content (AvgIpc) is 3.41. The van der Waals surface area contributed by atoms with Crippen molar-refractivity contribution >= 4 is 11.4 Å². The number of hydrogen-bond donors (Lipinski definition) is 0. The van der Waals surface area contributed by atoms with Gasteiger partial charge in [0, 0.05) is 45.5 Å². The molecule has 1 fully saturated rings. The van der Waals surface area contributed by atoms with Gasteiger partial charge in [0.05, 0.1) is 0 Å². The lowest BCUT2D eigenvalue weighted by atomic mass is 9.85. The molecule has 1 aliphatic rings. The van der Waals surface area contributed by atoms with Gasteiger partial charge < -0.3 is 9.80 Å². The molecule has 0 heterocycles. The number of nitrogens with zero attached hydrogens (tertiary/aromatic N) is 2. The Kier molecular flexibility index (Phi) is 4.66. The first kappa shape index (κ1) is 16.6. The standard InChI is InChI=1S/C22H28N2/c1-16(17-6-7-17)22(18-8-12-20(13-9-18)23(2)3)19-10-14-21(15-11-19)24(4)5/h8-15,22H,6-7H2,1-5H3. The monoisotopic (exact) mass is 320 g/mol. The van der Waals surface area contributed by atoms with Gasteiger partial charge in [-0.2, -0.15) is 0 Å². The Morgan fingerprint density at radius 1 is 0.708 bits per heavy atom. The lowest BCUT2D eigenvalue weighted by Gasteiger charge is -2.22. The smallest absolute Gasteiger partial charge is 0.0361 e. The molecule has 0 amide bonds. The molecular formula is C22H28N2. The summed E-state index contributed by atoms with van der Waals surface area (Å²) in [5.74, 6) is 0.370. The molecule has 0 spiro atoms. The van der Waals surface area contributed by atoms with Crippen molar-refractivity contribution in [3.05, 3.63) is 70.8 Å². The maximum atomic E-state index is 2.31. The summed E-state index contributed by atoms with van der Waals surface area (Å²) in [7, 11) is 8.35. The lowest BCUT2D eigenvalue weighted by Crippen LogP contribution is -2.10. The number of rotatable bonds is 5. The second-order valence-electron chi connectivity index (χ2n) is 7.19. The molecule has 0 aromatic heterocycles. The van der Waals surface area contributed by atoms with E-state index in [9.17, 15) is 0 Å². The first-order valence-corrected chi connectivity index (χ1v) is 8.70. The molecule has 2 aromatic rings. The van der Waals surface area contributed by atoms with Gasteiger partial charge in [-0.3, -0.25) is 0 Å². The van der Waals surface area contributed by atoms with Crippen molar-refractivity contribution < 1.29 is 0 Å². The third-order valence-electron chi connectivity index (χ3n) is 4.98. The van der Waals surface area contributed by atoms with Crippen molar-refractivity contribution in [2.45, 2.75) is 25.7 Å². The molecule has 1 saturated carbocycles. The van der Waals surface area contributed by atoms with E-state index >= 15 is 0 Å². The predicted molar refractivity (Wildman–Crippen MR) is 105 cm³/mol. The highest BCUT2D eigenvalue weighted by molar-refractivity contribution is 5.53. The van der Waals surface area contributed by atoms with Crippen molar-refractivity contribution in [2.75, 3.05) is 38.0 Å². The summed E-state index contributed by atoms with van der Waals surface area (Å²) < 4.78 is 0. The summed E-state index contributed by atoms with van der Waals surface area (Å²) >= 11 is 0. The van der Waals surface area contributed by atoms with Crippen molar-refractivity contribution in [1.29, 1.82) is 0 Å². The first-order chi connectivity index (χ1) is 11.5. The molecule has 126 valence electrons. The molecule has 3 rings (SSSR count). The number of allylic oxidation sites excluding steroid dienone is 2. The molecule has 0 atom stereocenters. The minimum absolute atomic E-state index is 0.370. The third-order valence-corrected chi connectivity index (χ3v) is 4.98. The van der Waals surface area contributed by atoms with E-state index in [0.717, 1.165) is 0 Å². The Hall–Kier alpha value is -2.22. The zero-order chi connectivity index (χ0) is 17.3. The van der Waals surface area contributed by atoms with Crippen LogP contribution >= 0.6 is 0 Å². The zero-order valence-electron chi connectivity index (χ0n) is 15.5. The van der Waals surface area contributed by atoms with Crippen LogP contribution in [-0.4, -0.2) is 28.2 Å². The molecule has 0 aliphatic heterocycles. The molecule has 24 heavy (non-hydrogen) atoms. The predicted octanol–water partition coefficient (Wildman–Crippen LogP) is 5.06. The van der Waals surface area contributed by atoms with Crippen LogP contribution in [0.5, 0.6) is 0 Å². The number of hydrogen-bond acceptors (Lipinski definition) is 2. The van der Waals surface area contributed by atoms with E-state index in [1.165, 1.54) is 40.9 Å². The first-order valence-electron chi connectivity index (χ1n) is 8.70. The van der Waals surface area contributed by atoms with Crippen LogP contribution in [0.3, 0.4) is 0 Å². The SMILES string of the molecule is CC(=C1CC1)C(c1ccc(N(C)C)cc1)c1ccc(N(C)C)cc1. The zero-order valence-corrected chi connectivity index (χ0v) is 15.5. The van der Waals surface area contributed by atoms with E-state index in [1.807, 2.05) is 0 Å². The van der Waals surface area contributed by atoms with E-state index in [1.54, 1.807) is 5.57 Å². The Bertz CT molecular complexity index is 664. The maximum Gasteiger partial charge on any atom is 0.0361 e. The van der Waals surface area contributed by atoms with Crippen LogP contribution in [0.15, 0.2) is 59.7 Å². The van der Waals surface area contributed by atoms with Crippen LogP contribution in [0.1, 0.15) is 36.8 Å².